The number of nitrogens with zero attached hydrogens (tertiary/aromatic N) is 3. The van der Waals surface area contributed by atoms with Gasteiger partial charge in [-0.15, -0.1) is 0 Å². The fourth-order valence-corrected chi connectivity index (χ4v) is 1.83. The fourth-order valence-electron chi connectivity index (χ4n) is 1.42. The number of carbonyl (C=O) groups is 1. The highest BCUT2D eigenvalue weighted by atomic mass is 79.9. The number of fused-ring (bicyclic) bond motifs is 1. The maximum Gasteiger partial charge on any atom is 0.271 e. The number of halogens is 1. The van der Waals surface area contributed by atoms with E-state index in [1.807, 2.05) is 20.8 Å². The first-order valence-corrected chi connectivity index (χ1v) is 6.25. The van der Waals surface area contributed by atoms with Crippen molar-refractivity contribution in [1.82, 2.24) is 20.3 Å². The molecule has 0 unspecified atom stereocenters. The van der Waals surface area contributed by atoms with Gasteiger partial charge in [-0.05, 0) is 36.7 Å². The second kappa shape index (κ2) is 4.61. The number of pyridine rings is 1. The number of aromatic nitrogens is 3. The smallest absolute Gasteiger partial charge is 0.271 e. The molecule has 0 saturated heterocycles. The normalized spacial score (nSPS) is 11.6. The molecule has 0 aliphatic heterocycles. The molecule has 0 radical (unpaired) electrons. The molecule has 18 heavy (non-hydrogen) atoms. The molecule has 0 spiro atoms. The number of hydrogen-bond donors (Lipinski definition) is 1. The monoisotopic (exact) mass is 308 g/mol. The van der Waals surface area contributed by atoms with Crippen molar-refractivity contribution in [1.29, 1.82) is 0 Å². The highest BCUT2D eigenvalue weighted by molar-refractivity contribution is 9.10. The first-order valence-electron chi connectivity index (χ1n) is 5.45. The van der Waals surface area contributed by atoms with Crippen LogP contribution in [0.3, 0.4) is 0 Å². The molecule has 5 nitrogen and oxygen atoms in total. The molecule has 6 heteroatoms. The predicted molar refractivity (Wildman–Crippen MR) is 72.3 cm³/mol. The summed E-state index contributed by atoms with van der Waals surface area (Å²) in [5.41, 5.74) is 1.27. The zero-order valence-electron chi connectivity index (χ0n) is 10.4. The zero-order chi connectivity index (χ0) is 13.3. The van der Waals surface area contributed by atoms with Gasteiger partial charge >= 0.3 is 0 Å². The molecular weight excluding hydrogens is 296 g/mol. The maximum absolute atomic E-state index is 12.0. The topological polar surface area (TPSA) is 67.8 Å². The molecule has 0 saturated carbocycles. The summed E-state index contributed by atoms with van der Waals surface area (Å²) in [7, 11) is 0. The summed E-state index contributed by atoms with van der Waals surface area (Å²) in [6.07, 6.45) is 4.69. The SMILES string of the molecule is CC(C)(C)NC(=O)c1cnc2cncc(Br)c2n1. The van der Waals surface area contributed by atoms with E-state index in [1.165, 1.54) is 6.20 Å². The van der Waals surface area contributed by atoms with Crippen molar-refractivity contribution < 1.29 is 4.79 Å². The average Bonchev–Trinajstić information content (AvgIpc) is 2.27. The van der Waals surface area contributed by atoms with E-state index in [0.29, 0.717) is 16.7 Å². The van der Waals surface area contributed by atoms with Crippen LogP contribution in [0.2, 0.25) is 0 Å². The predicted octanol–water partition coefficient (Wildman–Crippen LogP) is 2.32. The van der Waals surface area contributed by atoms with Gasteiger partial charge in [-0.1, -0.05) is 0 Å². The Balaban J connectivity index is 2.41. The number of hydrogen-bond acceptors (Lipinski definition) is 4. The van der Waals surface area contributed by atoms with Crippen molar-refractivity contribution in [3.63, 3.8) is 0 Å². The molecule has 0 aromatic carbocycles. The van der Waals surface area contributed by atoms with Crippen LogP contribution in [0.15, 0.2) is 23.1 Å². The van der Waals surface area contributed by atoms with Crippen LogP contribution in [0.25, 0.3) is 11.0 Å². The number of rotatable bonds is 1. The van der Waals surface area contributed by atoms with Crippen LogP contribution in [0.1, 0.15) is 31.3 Å². The molecular formula is C12H13BrN4O. The second-order valence-electron chi connectivity index (χ2n) is 4.95. The molecule has 94 valence electrons. The largest absolute Gasteiger partial charge is 0.346 e. The molecule has 0 fully saturated rings. The standard InChI is InChI=1S/C12H13BrN4O/c1-12(2,3)17-11(18)9-6-15-8-5-14-4-7(13)10(8)16-9/h4-6H,1-3H3,(H,17,18). The summed E-state index contributed by atoms with van der Waals surface area (Å²) in [6, 6.07) is 0. The van der Waals surface area contributed by atoms with E-state index in [4.69, 9.17) is 0 Å². The summed E-state index contributed by atoms with van der Waals surface area (Å²) >= 11 is 3.34. The van der Waals surface area contributed by atoms with Gasteiger partial charge in [0.2, 0.25) is 0 Å². The Morgan fingerprint density at radius 3 is 2.67 bits per heavy atom. The highest BCUT2D eigenvalue weighted by Crippen LogP contribution is 2.18. The fraction of sp³-hybridized carbons (Fsp3) is 0.333. The van der Waals surface area contributed by atoms with Gasteiger partial charge in [0.15, 0.2) is 0 Å². The van der Waals surface area contributed by atoms with Crippen LogP contribution in [0, 0.1) is 0 Å². The third-order valence-corrected chi connectivity index (χ3v) is 2.71. The molecule has 2 rings (SSSR count). The van der Waals surface area contributed by atoms with Gasteiger partial charge in [0.05, 0.1) is 16.9 Å². The van der Waals surface area contributed by atoms with E-state index in [1.54, 1.807) is 12.4 Å². The molecule has 0 aliphatic carbocycles. The van der Waals surface area contributed by atoms with Gasteiger partial charge in [-0.25, -0.2) is 4.98 Å². The van der Waals surface area contributed by atoms with Gasteiger partial charge in [0.25, 0.3) is 5.91 Å². The van der Waals surface area contributed by atoms with E-state index in [2.05, 4.69) is 36.2 Å². The van der Waals surface area contributed by atoms with Gasteiger partial charge < -0.3 is 5.32 Å². The van der Waals surface area contributed by atoms with Crippen LogP contribution in [-0.2, 0) is 0 Å². The Kier molecular flexibility index (Phi) is 3.30. The molecule has 1 amide bonds. The van der Waals surface area contributed by atoms with E-state index >= 15 is 0 Å². The lowest BCUT2D eigenvalue weighted by Gasteiger charge is -2.20. The lowest BCUT2D eigenvalue weighted by Crippen LogP contribution is -2.41. The summed E-state index contributed by atoms with van der Waals surface area (Å²) in [4.78, 5) is 24.4. The van der Waals surface area contributed by atoms with E-state index in [0.717, 1.165) is 4.47 Å². The Morgan fingerprint density at radius 2 is 2.00 bits per heavy atom. The third-order valence-electron chi connectivity index (χ3n) is 2.13. The van der Waals surface area contributed by atoms with Crippen molar-refractivity contribution in [3.05, 3.63) is 28.8 Å². The molecule has 0 bridgehead atoms. The molecule has 2 aromatic rings. The lowest BCUT2D eigenvalue weighted by atomic mass is 10.1. The van der Waals surface area contributed by atoms with Gasteiger partial charge in [-0.2, -0.15) is 0 Å². The molecule has 2 aromatic heterocycles. The van der Waals surface area contributed by atoms with Gasteiger partial charge in [0.1, 0.15) is 16.7 Å². The van der Waals surface area contributed by atoms with Crippen LogP contribution >= 0.6 is 15.9 Å². The number of carbonyl (C=O) groups excluding carboxylic acids is 1. The van der Waals surface area contributed by atoms with Crippen molar-refractivity contribution in [2.75, 3.05) is 0 Å². The summed E-state index contributed by atoms with van der Waals surface area (Å²) in [6.45, 7) is 5.75. The summed E-state index contributed by atoms with van der Waals surface area (Å²) in [5.74, 6) is -0.236. The van der Waals surface area contributed by atoms with Crippen LogP contribution in [0.5, 0.6) is 0 Å². The second-order valence-corrected chi connectivity index (χ2v) is 5.80. The average molecular weight is 309 g/mol. The minimum Gasteiger partial charge on any atom is -0.346 e. The minimum atomic E-state index is -0.302. The molecule has 0 aliphatic rings. The van der Waals surface area contributed by atoms with E-state index in [9.17, 15) is 4.79 Å². The van der Waals surface area contributed by atoms with E-state index < -0.39 is 0 Å². The van der Waals surface area contributed by atoms with Crippen molar-refractivity contribution in [3.8, 4) is 0 Å². The Hall–Kier alpha value is -1.56. The lowest BCUT2D eigenvalue weighted by molar-refractivity contribution is 0.0914. The molecule has 2 heterocycles. The number of amides is 1. The highest BCUT2D eigenvalue weighted by Gasteiger charge is 2.17. The van der Waals surface area contributed by atoms with Gasteiger partial charge in [0, 0.05) is 11.7 Å². The Bertz CT molecular complexity index is 607. The Labute approximate surface area is 113 Å². The van der Waals surface area contributed by atoms with Crippen LogP contribution in [-0.4, -0.2) is 26.4 Å². The van der Waals surface area contributed by atoms with Crippen molar-refractivity contribution in [2.24, 2.45) is 0 Å². The van der Waals surface area contributed by atoms with Crippen LogP contribution in [0.4, 0.5) is 0 Å². The molecule has 0 atom stereocenters. The van der Waals surface area contributed by atoms with Crippen molar-refractivity contribution in [2.45, 2.75) is 26.3 Å². The first kappa shape index (κ1) is 12.9. The number of nitrogens with one attached hydrogen (secondary N) is 1. The third kappa shape index (κ3) is 2.81. The van der Waals surface area contributed by atoms with Gasteiger partial charge in [-0.3, -0.25) is 14.8 Å². The van der Waals surface area contributed by atoms with Crippen LogP contribution < -0.4 is 5.32 Å². The first-order chi connectivity index (χ1) is 8.37. The zero-order valence-corrected chi connectivity index (χ0v) is 11.9. The quantitative estimate of drug-likeness (QED) is 0.878. The summed E-state index contributed by atoms with van der Waals surface area (Å²) in [5, 5.41) is 2.85. The van der Waals surface area contributed by atoms with E-state index in [-0.39, 0.29) is 11.4 Å². The van der Waals surface area contributed by atoms with Crippen molar-refractivity contribution >= 4 is 32.9 Å². The summed E-state index contributed by atoms with van der Waals surface area (Å²) < 4.78 is 0.720. The Morgan fingerprint density at radius 1 is 1.28 bits per heavy atom. The minimum absolute atomic E-state index is 0.236. The maximum atomic E-state index is 12.0. The molecule has 1 N–H and O–H groups in total.